The van der Waals surface area contributed by atoms with Crippen LogP contribution in [-0.4, -0.2) is 93.0 Å². The highest BCUT2D eigenvalue weighted by Crippen LogP contribution is 2.60. The fourth-order valence-electron chi connectivity index (χ4n) is 11.6. The summed E-state index contributed by atoms with van der Waals surface area (Å²) in [5.74, 6) is 4.19. The van der Waals surface area contributed by atoms with Crippen LogP contribution in [0.4, 0.5) is 5.82 Å². The molecule has 12 heteroatoms. The molecule has 8 atom stereocenters. The van der Waals surface area contributed by atoms with E-state index in [1.807, 2.05) is 37.3 Å². The van der Waals surface area contributed by atoms with Crippen LogP contribution in [0.15, 0.2) is 65.0 Å². The molecule has 5 aliphatic rings. The second kappa shape index (κ2) is 23.1. The van der Waals surface area contributed by atoms with Crippen molar-refractivity contribution in [3.8, 4) is 11.5 Å². The molecule has 3 fully saturated rings. The molecule has 64 heavy (non-hydrogen) atoms. The Bertz CT molecular complexity index is 1880. The van der Waals surface area contributed by atoms with E-state index in [9.17, 15) is 25.5 Å². The Morgan fingerprint density at radius 1 is 0.969 bits per heavy atom. The highest BCUT2D eigenvalue weighted by molar-refractivity contribution is 6.04. The Balaban J connectivity index is 0.826. The van der Waals surface area contributed by atoms with Crippen LogP contribution in [0.25, 0.3) is 0 Å². The number of hydrogen-bond donors (Lipinski definition) is 8. The molecule has 3 saturated carbocycles. The zero-order valence-electron chi connectivity index (χ0n) is 38.3. The van der Waals surface area contributed by atoms with E-state index in [0.717, 1.165) is 92.8 Å². The molecule has 2 aromatic rings. The van der Waals surface area contributed by atoms with Gasteiger partial charge >= 0.3 is 0 Å². The molecular weight excluding hydrogens is 807 g/mol. The van der Waals surface area contributed by atoms with Gasteiger partial charge in [-0.25, -0.2) is 4.98 Å². The largest absolute Gasteiger partial charge is 0.592 e. The number of nitrogens with two attached hydrogens (primary N) is 2. The highest BCUT2D eigenvalue weighted by atomic mass is 16.5. The lowest BCUT2D eigenvalue weighted by molar-refractivity contribution is 0.113. The number of unbranched alkanes of at least 4 members (excludes halogenated alkanes) is 3. The molecule has 10 N–H and O–H groups in total. The summed E-state index contributed by atoms with van der Waals surface area (Å²) in [4.78, 5) is 9.15. The lowest BCUT2D eigenvalue weighted by Crippen LogP contribution is -2.37. The standard InChI is InChI=1S/C52H77N5O7/c1-34(59)30-55-31-43-41-10-8-11-44(41)52(22-6-7-23-52)29-46-42(43)28-45(57-46)48(62)33-63-50-25-35(15-20-47(50)61)14-19-40-27-37(32-58)49(64-40)12-5-3-2-4-9-38(53)16-18-39(60)17-13-36-21-24-56-51(54)26-36/h15,20-21,24-28,34,38-39,41,43-44,48-49,55,58-62H,2-14,16-19,22-23,29-33,53H2,1H3,(H2,54,56)/t34-,38-,39+,41-,43-,44-,48-,49?/m0/s1. The van der Waals surface area contributed by atoms with Crippen molar-refractivity contribution in [3.05, 3.63) is 83.1 Å². The lowest BCUT2D eigenvalue weighted by atomic mass is 9.66. The Hall–Kier alpha value is -3.78. The quantitative estimate of drug-likeness (QED) is 0.0369. The average Bonchev–Trinajstić information content (AvgIpc) is 4.11. The van der Waals surface area contributed by atoms with Gasteiger partial charge in [0.25, 0.3) is 0 Å². The number of aliphatic hydroxyl groups is 4. The van der Waals surface area contributed by atoms with E-state index in [1.165, 1.54) is 50.5 Å². The number of pyridine rings is 1. The van der Waals surface area contributed by atoms with Crippen LogP contribution < -0.4 is 21.5 Å². The summed E-state index contributed by atoms with van der Waals surface area (Å²) in [7, 11) is 0. The lowest BCUT2D eigenvalue weighted by Gasteiger charge is -2.37. The van der Waals surface area contributed by atoms with Crippen LogP contribution in [0.2, 0.25) is 0 Å². The normalized spacial score (nSPS) is 24.4. The number of benzene rings is 1. The molecule has 1 unspecified atom stereocenters. The number of aliphatic hydroxyl groups excluding tert-OH is 4. The Morgan fingerprint density at radius 2 is 1.78 bits per heavy atom. The number of aryl methyl sites for hydroxylation is 2. The van der Waals surface area contributed by atoms with Gasteiger partial charge in [0.2, 0.25) is 0 Å². The van der Waals surface area contributed by atoms with Crippen LogP contribution in [0, 0.1) is 35.1 Å². The van der Waals surface area contributed by atoms with Crippen molar-refractivity contribution in [3.63, 3.8) is 0 Å². The first-order chi connectivity index (χ1) is 31.0. The minimum Gasteiger partial charge on any atom is -0.592 e. The number of hydrogen-bond acceptors (Lipinski definition) is 12. The number of phenols is 1. The smallest absolute Gasteiger partial charge is 0.190 e. The highest BCUT2D eigenvalue weighted by Gasteiger charge is 2.57. The number of aromatic nitrogens is 1. The maximum atomic E-state index is 11.5. The molecule has 0 amide bonds. The van der Waals surface area contributed by atoms with Gasteiger partial charge in [0, 0.05) is 38.0 Å². The third kappa shape index (κ3) is 12.8. The molecule has 3 heterocycles. The van der Waals surface area contributed by atoms with Gasteiger partial charge in [-0.2, -0.15) is 12.0 Å². The van der Waals surface area contributed by atoms with E-state index < -0.39 is 12.2 Å². The van der Waals surface area contributed by atoms with Crippen molar-refractivity contribution in [2.45, 2.75) is 166 Å². The maximum absolute atomic E-state index is 11.5. The van der Waals surface area contributed by atoms with Gasteiger partial charge in [0.15, 0.2) is 29.4 Å². The number of nitrogens with zero attached hydrogens (tertiary/aromatic N) is 2. The Morgan fingerprint density at radius 3 is 2.58 bits per heavy atom. The first-order valence-corrected chi connectivity index (χ1v) is 24.7. The van der Waals surface area contributed by atoms with Gasteiger partial charge in [-0.15, -0.1) is 4.99 Å². The minimum atomic E-state index is -0.945. The summed E-state index contributed by atoms with van der Waals surface area (Å²) < 4.78 is 12.4. The van der Waals surface area contributed by atoms with Crippen molar-refractivity contribution in [1.82, 2.24) is 10.3 Å². The average molecular weight is 884 g/mol. The van der Waals surface area contributed by atoms with E-state index in [0.29, 0.717) is 73.0 Å². The van der Waals surface area contributed by atoms with Gasteiger partial charge in [-0.3, -0.25) is 0 Å². The monoisotopic (exact) mass is 884 g/mol. The van der Waals surface area contributed by atoms with Crippen molar-refractivity contribution in [2.24, 2.45) is 33.9 Å². The predicted molar refractivity (Wildman–Crippen MR) is 252 cm³/mol. The molecule has 1 aromatic heterocycles. The summed E-state index contributed by atoms with van der Waals surface area (Å²) in [6, 6.07) is 9.86. The van der Waals surface area contributed by atoms with Crippen LogP contribution in [0.5, 0.6) is 11.5 Å². The zero-order chi connectivity index (χ0) is 45.1. The number of aromatic hydroxyl groups is 1. The summed E-state index contributed by atoms with van der Waals surface area (Å²) in [5.41, 5.74) is 16.9. The van der Waals surface area contributed by atoms with Gasteiger partial charge in [-0.05, 0) is 130 Å². The van der Waals surface area contributed by atoms with E-state index in [4.69, 9.17) is 25.9 Å². The fourth-order valence-corrected chi connectivity index (χ4v) is 11.6. The number of anilines is 1. The maximum Gasteiger partial charge on any atom is 0.190 e. The summed E-state index contributed by atoms with van der Waals surface area (Å²) >= 11 is 0. The molecule has 1 aromatic carbocycles. The molecular formula is C52H77N5O7. The molecule has 0 bridgehead atoms. The van der Waals surface area contributed by atoms with Crippen molar-refractivity contribution in [2.75, 3.05) is 32.0 Å². The topological polar surface area (TPSA) is 209 Å². The number of allylic oxidation sites excluding steroid dienone is 1. The number of phenolic OH excluding ortho intramolecular Hbond substituents is 1. The summed E-state index contributed by atoms with van der Waals surface area (Å²) in [6.45, 7) is 3.12. The molecule has 7 rings (SSSR count). The number of ether oxygens (including phenoxy) is 2. The first-order valence-electron chi connectivity index (χ1n) is 24.7. The summed E-state index contributed by atoms with van der Waals surface area (Å²) in [6.07, 6.45) is 24.1. The van der Waals surface area contributed by atoms with Gasteiger partial charge < -0.3 is 51.8 Å². The van der Waals surface area contributed by atoms with E-state index in [1.54, 1.807) is 12.3 Å². The van der Waals surface area contributed by atoms with Crippen molar-refractivity contribution in [1.29, 1.82) is 0 Å². The van der Waals surface area contributed by atoms with Crippen molar-refractivity contribution < 1.29 is 35.0 Å². The number of nitrogens with one attached hydrogen (secondary N) is 1. The summed E-state index contributed by atoms with van der Waals surface area (Å²) in [5, 5.41) is 56.4. The van der Waals surface area contributed by atoms with Crippen LogP contribution >= 0.6 is 0 Å². The van der Waals surface area contributed by atoms with E-state index >= 15 is 0 Å². The Labute approximate surface area is 382 Å². The predicted octanol–water partition coefficient (Wildman–Crippen LogP) is 7.21. The minimum absolute atomic E-state index is 0.0226. The van der Waals surface area contributed by atoms with Gasteiger partial charge in [0.1, 0.15) is 18.0 Å². The van der Waals surface area contributed by atoms with Crippen LogP contribution in [0.3, 0.4) is 0 Å². The third-order valence-electron chi connectivity index (χ3n) is 15.0. The van der Waals surface area contributed by atoms with E-state index in [-0.39, 0.29) is 37.2 Å². The number of rotatable bonds is 25. The van der Waals surface area contributed by atoms with Crippen LogP contribution in [-0.2, 0) is 17.6 Å². The Kier molecular flexibility index (Phi) is 17.4. The second-order valence-corrected chi connectivity index (χ2v) is 19.8. The first kappa shape index (κ1) is 48.2. The fraction of sp³-hybridized carbons (Fsp3) is 0.654. The second-order valence-electron chi connectivity index (χ2n) is 19.8. The van der Waals surface area contributed by atoms with Gasteiger partial charge in [-0.1, -0.05) is 63.2 Å². The molecule has 12 nitrogen and oxygen atoms in total. The molecule has 0 radical (unpaired) electrons. The zero-order valence-corrected chi connectivity index (χ0v) is 38.3. The number of nitrogen functional groups attached to an aromatic ring is 1. The SMILES string of the molecule is C[C@H](O)CNC[C@@H]1C2=C[C+]([C@@H](O)COc3cc(CCC4=C[C-](CO)C(CCCCCC[C@H](N)CC[C@H](O)CCc5ccnc(N)c5)O4)ccc3O)N=C2CC2(CCCC2)[C@H]2CCC[C@@H]12. The molecule has 0 saturated heterocycles. The van der Waals surface area contributed by atoms with Crippen molar-refractivity contribution >= 4 is 11.5 Å². The third-order valence-corrected chi connectivity index (χ3v) is 15.0. The van der Waals surface area contributed by atoms with Crippen LogP contribution in [0.1, 0.15) is 134 Å². The number of aliphatic imine (C=N–C) groups is 1. The van der Waals surface area contributed by atoms with Gasteiger partial charge in [0.05, 0.1) is 30.6 Å². The molecule has 3 aliphatic carbocycles. The molecule has 352 valence electrons. The van der Waals surface area contributed by atoms with E-state index in [2.05, 4.69) is 16.4 Å². The molecule has 1 spiro atoms. The number of fused-ring (bicyclic) bond motifs is 3. The molecule has 2 aliphatic heterocycles.